The molecular formula is C11H9ClO5. The van der Waals surface area contributed by atoms with Crippen molar-refractivity contribution in [2.45, 2.75) is 6.92 Å². The smallest absolute Gasteiger partial charge is 0.379 e. The van der Waals surface area contributed by atoms with Crippen molar-refractivity contribution in [1.29, 1.82) is 0 Å². The van der Waals surface area contributed by atoms with E-state index >= 15 is 0 Å². The summed E-state index contributed by atoms with van der Waals surface area (Å²) in [4.78, 5) is 23.0. The topological polar surface area (TPSA) is 61.8 Å². The van der Waals surface area contributed by atoms with Gasteiger partial charge in [-0.05, 0) is 13.0 Å². The Morgan fingerprint density at radius 2 is 2.00 bits per heavy atom. The molecule has 0 atom stereocenters. The molecule has 17 heavy (non-hydrogen) atoms. The van der Waals surface area contributed by atoms with Crippen LogP contribution in [0, 0.1) is 0 Å². The van der Waals surface area contributed by atoms with Crippen LogP contribution in [0.2, 0.25) is 5.02 Å². The molecule has 6 heteroatoms. The Labute approximate surface area is 102 Å². The van der Waals surface area contributed by atoms with Gasteiger partial charge in [-0.3, -0.25) is 4.79 Å². The van der Waals surface area contributed by atoms with Crippen LogP contribution in [0.5, 0.6) is 11.5 Å². The maximum Gasteiger partial charge on any atom is 0.379 e. The van der Waals surface area contributed by atoms with Gasteiger partial charge in [-0.2, -0.15) is 0 Å². The number of ether oxygens (including phenoxy) is 3. The van der Waals surface area contributed by atoms with Crippen molar-refractivity contribution in [2.75, 3.05) is 13.4 Å². The fourth-order valence-corrected chi connectivity index (χ4v) is 1.64. The molecule has 1 aliphatic heterocycles. The zero-order valence-electron chi connectivity index (χ0n) is 8.99. The summed E-state index contributed by atoms with van der Waals surface area (Å²) in [5.74, 6) is -0.888. The van der Waals surface area contributed by atoms with Gasteiger partial charge in [-0.1, -0.05) is 11.6 Å². The first kappa shape index (κ1) is 11.7. The summed E-state index contributed by atoms with van der Waals surface area (Å²) in [6, 6.07) is 2.82. The molecule has 0 amide bonds. The first-order valence-electron chi connectivity index (χ1n) is 4.94. The van der Waals surface area contributed by atoms with Gasteiger partial charge in [0.1, 0.15) is 0 Å². The lowest BCUT2D eigenvalue weighted by Crippen LogP contribution is -2.17. The maximum atomic E-state index is 11.7. The first-order chi connectivity index (χ1) is 8.13. The molecular weight excluding hydrogens is 248 g/mol. The van der Waals surface area contributed by atoms with Crippen LogP contribution in [-0.2, 0) is 9.53 Å². The number of Topliss-reactive ketones (excluding diaryl/α,β-unsaturated/α-hetero) is 1. The molecule has 0 unspecified atom stereocenters. The zero-order chi connectivity index (χ0) is 12.4. The maximum absolute atomic E-state index is 11.7. The van der Waals surface area contributed by atoms with Gasteiger partial charge in [0.25, 0.3) is 5.78 Å². The van der Waals surface area contributed by atoms with E-state index in [4.69, 9.17) is 21.1 Å². The molecule has 0 aromatic heterocycles. The van der Waals surface area contributed by atoms with Gasteiger partial charge in [-0.25, -0.2) is 4.79 Å². The minimum absolute atomic E-state index is 0.0503. The largest absolute Gasteiger partial charge is 0.460 e. The van der Waals surface area contributed by atoms with E-state index in [0.29, 0.717) is 11.5 Å². The molecule has 0 spiro atoms. The van der Waals surface area contributed by atoms with Crippen LogP contribution in [0.4, 0.5) is 0 Å². The van der Waals surface area contributed by atoms with Crippen molar-refractivity contribution in [1.82, 2.24) is 0 Å². The Hall–Kier alpha value is -1.75. The predicted molar refractivity (Wildman–Crippen MR) is 58.5 cm³/mol. The summed E-state index contributed by atoms with van der Waals surface area (Å²) in [6.45, 7) is 1.82. The second-order valence-electron chi connectivity index (χ2n) is 3.23. The molecule has 1 heterocycles. The molecule has 5 nitrogen and oxygen atoms in total. The average Bonchev–Trinajstić information content (AvgIpc) is 2.74. The highest BCUT2D eigenvalue weighted by molar-refractivity contribution is 6.45. The number of carbonyl (C=O) groups is 2. The molecule has 0 saturated heterocycles. The lowest BCUT2D eigenvalue weighted by molar-refractivity contribution is -0.137. The first-order valence-corrected chi connectivity index (χ1v) is 5.32. The van der Waals surface area contributed by atoms with Crippen molar-refractivity contribution in [3.8, 4) is 11.5 Å². The van der Waals surface area contributed by atoms with Gasteiger partial charge < -0.3 is 14.2 Å². The second-order valence-corrected chi connectivity index (χ2v) is 3.64. The SMILES string of the molecule is CCOC(=O)C(=O)c1cc2c(cc1Cl)OCO2. The van der Waals surface area contributed by atoms with E-state index in [0.717, 1.165) is 0 Å². The standard InChI is InChI=1S/C11H9ClO5/c1-2-15-11(14)10(13)6-3-8-9(4-7(6)12)17-5-16-8/h3-4H,2,5H2,1H3. The third-order valence-electron chi connectivity index (χ3n) is 2.17. The van der Waals surface area contributed by atoms with Crippen LogP contribution >= 0.6 is 11.6 Å². The van der Waals surface area contributed by atoms with Crippen LogP contribution in [0.3, 0.4) is 0 Å². The fraction of sp³-hybridized carbons (Fsp3) is 0.273. The third kappa shape index (κ3) is 2.19. The summed E-state index contributed by atoms with van der Waals surface area (Å²) < 4.78 is 14.8. The molecule has 0 aliphatic carbocycles. The Bertz CT molecular complexity index is 483. The summed E-state index contributed by atoms with van der Waals surface area (Å²) in [5, 5.41) is 0.132. The summed E-state index contributed by atoms with van der Waals surface area (Å²) >= 11 is 5.88. The highest BCUT2D eigenvalue weighted by Crippen LogP contribution is 2.36. The Morgan fingerprint density at radius 3 is 2.65 bits per heavy atom. The lowest BCUT2D eigenvalue weighted by atomic mass is 10.1. The monoisotopic (exact) mass is 256 g/mol. The van der Waals surface area contributed by atoms with E-state index in [-0.39, 0.29) is 24.0 Å². The highest BCUT2D eigenvalue weighted by Gasteiger charge is 2.24. The molecule has 90 valence electrons. The van der Waals surface area contributed by atoms with E-state index in [2.05, 4.69) is 4.74 Å². The normalized spacial score (nSPS) is 12.4. The number of hydrogen-bond acceptors (Lipinski definition) is 5. The van der Waals surface area contributed by atoms with Crippen LogP contribution in [0.1, 0.15) is 17.3 Å². The van der Waals surface area contributed by atoms with Gasteiger partial charge in [0.2, 0.25) is 6.79 Å². The van der Waals surface area contributed by atoms with Gasteiger partial charge in [0.05, 0.1) is 17.2 Å². The molecule has 0 N–H and O–H groups in total. The molecule has 0 radical (unpaired) electrons. The number of hydrogen-bond donors (Lipinski definition) is 0. The van der Waals surface area contributed by atoms with Crippen LogP contribution in [0.25, 0.3) is 0 Å². The quantitative estimate of drug-likeness (QED) is 0.469. The molecule has 1 aromatic carbocycles. The van der Waals surface area contributed by atoms with E-state index in [1.807, 2.05) is 0 Å². The average molecular weight is 257 g/mol. The minimum atomic E-state index is -0.937. The Morgan fingerprint density at radius 1 is 1.35 bits per heavy atom. The van der Waals surface area contributed by atoms with Gasteiger partial charge in [-0.15, -0.1) is 0 Å². The minimum Gasteiger partial charge on any atom is -0.460 e. The highest BCUT2D eigenvalue weighted by atomic mass is 35.5. The van der Waals surface area contributed by atoms with Gasteiger partial charge >= 0.3 is 5.97 Å². The number of rotatable bonds is 3. The summed E-state index contributed by atoms with van der Waals surface area (Å²) in [6.07, 6.45) is 0. The van der Waals surface area contributed by atoms with Crippen molar-refractivity contribution < 1.29 is 23.8 Å². The number of carbonyl (C=O) groups excluding carboxylic acids is 2. The van der Waals surface area contributed by atoms with E-state index in [1.54, 1.807) is 6.92 Å². The second kappa shape index (κ2) is 4.63. The van der Waals surface area contributed by atoms with Crippen molar-refractivity contribution >= 4 is 23.4 Å². The molecule has 0 saturated carbocycles. The summed E-state index contributed by atoms with van der Waals surface area (Å²) in [5.41, 5.74) is 0.0503. The predicted octanol–water partition coefficient (Wildman–Crippen LogP) is 1.81. The Kier molecular flexibility index (Phi) is 3.19. The van der Waals surface area contributed by atoms with E-state index in [9.17, 15) is 9.59 Å². The number of fused-ring (bicyclic) bond motifs is 1. The molecule has 0 bridgehead atoms. The van der Waals surface area contributed by atoms with Crippen LogP contribution in [-0.4, -0.2) is 25.2 Å². The van der Waals surface area contributed by atoms with Crippen LogP contribution in [0.15, 0.2) is 12.1 Å². The van der Waals surface area contributed by atoms with E-state index < -0.39 is 11.8 Å². The lowest BCUT2D eigenvalue weighted by Gasteiger charge is -2.04. The zero-order valence-corrected chi connectivity index (χ0v) is 9.74. The molecule has 2 rings (SSSR count). The third-order valence-corrected chi connectivity index (χ3v) is 2.48. The Balaban J connectivity index is 2.33. The molecule has 0 fully saturated rings. The fourth-order valence-electron chi connectivity index (χ4n) is 1.40. The number of ketones is 1. The number of halogens is 1. The van der Waals surface area contributed by atoms with Crippen LogP contribution < -0.4 is 9.47 Å². The number of esters is 1. The van der Waals surface area contributed by atoms with E-state index in [1.165, 1.54) is 12.1 Å². The van der Waals surface area contributed by atoms with Crippen molar-refractivity contribution in [3.63, 3.8) is 0 Å². The van der Waals surface area contributed by atoms with Gasteiger partial charge in [0, 0.05) is 6.07 Å². The molecule has 1 aromatic rings. The number of benzene rings is 1. The summed E-state index contributed by atoms with van der Waals surface area (Å²) in [7, 11) is 0. The van der Waals surface area contributed by atoms with Crippen molar-refractivity contribution in [2.24, 2.45) is 0 Å². The van der Waals surface area contributed by atoms with Gasteiger partial charge in [0.15, 0.2) is 11.5 Å². The molecule has 1 aliphatic rings. The van der Waals surface area contributed by atoms with Crippen molar-refractivity contribution in [3.05, 3.63) is 22.7 Å².